The zero-order valence-electron chi connectivity index (χ0n) is 23.5. The lowest BCUT2D eigenvalue weighted by molar-refractivity contribution is 0.0587. The number of methoxy groups -OCH3 is 1. The van der Waals surface area contributed by atoms with Crippen molar-refractivity contribution < 1.29 is 23.5 Å². The highest BCUT2D eigenvalue weighted by atomic mass is 16.6. The van der Waals surface area contributed by atoms with Crippen molar-refractivity contribution in [1.29, 1.82) is 0 Å². The number of rotatable bonds is 7. The van der Waals surface area contributed by atoms with Crippen molar-refractivity contribution in [3.63, 3.8) is 0 Å². The number of carbonyl (C=O) groups excluding carboxylic acids is 2. The molecule has 1 aliphatic carbocycles. The molecule has 14 nitrogen and oxygen atoms in total. The van der Waals surface area contributed by atoms with Crippen LogP contribution in [-0.2, 0) is 9.47 Å². The number of fused-ring (bicyclic) bond motifs is 1. The van der Waals surface area contributed by atoms with Gasteiger partial charge in [0.2, 0.25) is 0 Å². The lowest BCUT2D eigenvalue weighted by atomic mass is 10.2. The van der Waals surface area contributed by atoms with Gasteiger partial charge in [-0.05, 0) is 52.2 Å². The second kappa shape index (κ2) is 11.0. The molecular weight excluding hydrogens is 532 g/mol. The van der Waals surface area contributed by atoms with E-state index < -0.39 is 17.3 Å². The van der Waals surface area contributed by atoms with E-state index in [4.69, 9.17) is 13.9 Å². The average Bonchev–Trinajstić information content (AvgIpc) is 3.69. The monoisotopic (exact) mass is 564 g/mol. The van der Waals surface area contributed by atoms with Gasteiger partial charge >= 0.3 is 12.1 Å². The molecule has 5 rings (SSSR count). The highest BCUT2D eigenvalue weighted by molar-refractivity contribution is 6.00. The van der Waals surface area contributed by atoms with Crippen LogP contribution in [0, 0.1) is 0 Å². The number of oxazole rings is 1. The Bertz CT molecular complexity index is 1620. The summed E-state index contributed by atoms with van der Waals surface area (Å²) in [4.78, 5) is 49.4. The lowest BCUT2D eigenvalue weighted by Crippen LogP contribution is -2.35. The van der Waals surface area contributed by atoms with Crippen LogP contribution in [0.5, 0.6) is 0 Å². The number of ether oxygens (including phenoxy) is 2. The van der Waals surface area contributed by atoms with Crippen LogP contribution < -0.4 is 21.1 Å². The van der Waals surface area contributed by atoms with Gasteiger partial charge in [0.05, 0.1) is 18.5 Å². The van der Waals surface area contributed by atoms with Gasteiger partial charge in [0.25, 0.3) is 11.5 Å². The molecule has 41 heavy (non-hydrogen) atoms. The largest absolute Gasteiger partial charge is 0.443 e. The molecule has 1 fully saturated rings. The van der Waals surface area contributed by atoms with Crippen LogP contribution in [-0.4, -0.2) is 68.1 Å². The summed E-state index contributed by atoms with van der Waals surface area (Å²) in [6.45, 7) is 5.28. The summed E-state index contributed by atoms with van der Waals surface area (Å²) >= 11 is 0. The van der Waals surface area contributed by atoms with Gasteiger partial charge in [0.1, 0.15) is 34.8 Å². The summed E-state index contributed by atoms with van der Waals surface area (Å²) < 4.78 is 18.9. The third-order valence-corrected chi connectivity index (χ3v) is 6.60. The molecule has 1 unspecified atom stereocenters. The van der Waals surface area contributed by atoms with Crippen LogP contribution in [0.25, 0.3) is 11.7 Å². The number of hydrogen-bond acceptors (Lipinski definition) is 10. The van der Waals surface area contributed by atoms with Crippen LogP contribution in [0.1, 0.15) is 50.4 Å². The predicted molar refractivity (Wildman–Crippen MR) is 149 cm³/mol. The quantitative estimate of drug-likeness (QED) is 0.341. The summed E-state index contributed by atoms with van der Waals surface area (Å²) in [6, 6.07) is 4.80. The summed E-state index contributed by atoms with van der Waals surface area (Å²) in [5.41, 5.74) is -0.638. The van der Waals surface area contributed by atoms with Gasteiger partial charge in [0, 0.05) is 32.5 Å². The first kappa shape index (κ1) is 27.8. The van der Waals surface area contributed by atoms with E-state index in [9.17, 15) is 14.4 Å². The number of carbonyl (C=O) groups is 2. The van der Waals surface area contributed by atoms with Gasteiger partial charge in [-0.1, -0.05) is 0 Å². The molecule has 2 N–H and O–H groups in total. The molecule has 4 aromatic heterocycles. The molecule has 0 radical (unpaired) electrons. The maximum atomic E-state index is 13.3. The van der Waals surface area contributed by atoms with Crippen molar-refractivity contribution in [2.75, 3.05) is 24.4 Å². The minimum atomic E-state index is -0.746. The van der Waals surface area contributed by atoms with Gasteiger partial charge in [-0.3, -0.25) is 14.5 Å². The second-order valence-electron chi connectivity index (χ2n) is 10.7. The van der Waals surface area contributed by atoms with Gasteiger partial charge in [-0.15, -0.1) is 0 Å². The second-order valence-corrected chi connectivity index (χ2v) is 10.7. The molecule has 4 aromatic rings. The standard InChI is InChI=1S/C27H32N8O6/c1-27(2,3)41-26(38)33(4)21-14-20(31-19-7-6-11-34(24(19)37)25-28-10-12-40-25)32-22-18(15-29-35(21)22)23(36)30-16-8-9-17(13-16)39-5/h6-7,10-12,14-17H,8-9,13H2,1-5H3,(H,30,36)(H,31,32)/t16?,17-/m1/s1. The summed E-state index contributed by atoms with van der Waals surface area (Å²) in [6.07, 6.45) is 7.53. The number of hydrogen-bond donors (Lipinski definition) is 2. The molecule has 1 aliphatic rings. The highest BCUT2D eigenvalue weighted by Crippen LogP contribution is 2.26. The number of amides is 2. The molecule has 4 heterocycles. The SMILES string of the molecule is CO[C@@H]1CCC(NC(=O)c2cnn3c(N(C)C(=O)OC(C)(C)C)cc(Nc4cccn(-c5ncco5)c4=O)nc23)C1. The van der Waals surface area contributed by atoms with Crippen LogP contribution in [0.2, 0.25) is 0 Å². The molecule has 0 saturated heterocycles. The molecule has 1 saturated carbocycles. The number of pyridine rings is 1. The van der Waals surface area contributed by atoms with Gasteiger partial charge in [-0.25, -0.2) is 19.3 Å². The molecule has 2 amide bonds. The Labute approximate surface area is 235 Å². The number of nitrogens with zero attached hydrogens (tertiary/aromatic N) is 6. The predicted octanol–water partition coefficient (Wildman–Crippen LogP) is 3.28. The first-order valence-corrected chi connectivity index (χ1v) is 13.1. The van der Waals surface area contributed by atoms with Crippen molar-refractivity contribution in [1.82, 2.24) is 29.5 Å². The Hall–Kier alpha value is -4.72. The van der Waals surface area contributed by atoms with Crippen molar-refractivity contribution in [2.45, 2.75) is 57.8 Å². The smallest absolute Gasteiger partial charge is 0.415 e. The van der Waals surface area contributed by atoms with Gasteiger partial charge in [0.15, 0.2) is 5.65 Å². The Morgan fingerprint density at radius 1 is 1.24 bits per heavy atom. The van der Waals surface area contributed by atoms with Gasteiger partial charge < -0.3 is 24.5 Å². The zero-order chi connectivity index (χ0) is 29.3. The molecule has 0 aromatic carbocycles. The normalized spacial score (nSPS) is 17.0. The van der Waals surface area contributed by atoms with Crippen molar-refractivity contribution in [2.24, 2.45) is 0 Å². The lowest BCUT2D eigenvalue weighted by Gasteiger charge is -2.25. The molecule has 216 valence electrons. The minimum Gasteiger partial charge on any atom is -0.443 e. The van der Waals surface area contributed by atoms with E-state index in [-0.39, 0.29) is 52.6 Å². The fourth-order valence-corrected chi connectivity index (χ4v) is 4.60. The number of aromatic nitrogens is 5. The number of anilines is 3. The van der Waals surface area contributed by atoms with Crippen LogP contribution in [0.3, 0.4) is 0 Å². The molecule has 14 heteroatoms. The van der Waals surface area contributed by atoms with E-state index in [1.54, 1.807) is 40.0 Å². The van der Waals surface area contributed by atoms with E-state index >= 15 is 0 Å². The van der Waals surface area contributed by atoms with E-state index in [2.05, 4.69) is 25.7 Å². The minimum absolute atomic E-state index is 0.0504. The van der Waals surface area contributed by atoms with Crippen molar-refractivity contribution in [3.05, 3.63) is 59.0 Å². The number of nitrogens with one attached hydrogen (secondary N) is 2. The first-order chi connectivity index (χ1) is 19.5. The fraction of sp³-hybridized carbons (Fsp3) is 0.407. The van der Waals surface area contributed by atoms with E-state index in [1.807, 2.05) is 0 Å². The average molecular weight is 565 g/mol. The summed E-state index contributed by atoms with van der Waals surface area (Å²) in [7, 11) is 3.18. The van der Waals surface area contributed by atoms with Crippen LogP contribution >= 0.6 is 0 Å². The molecule has 2 atom stereocenters. The Morgan fingerprint density at radius 3 is 2.73 bits per heavy atom. The third-order valence-electron chi connectivity index (χ3n) is 6.60. The van der Waals surface area contributed by atoms with Crippen molar-refractivity contribution in [3.8, 4) is 6.01 Å². The van der Waals surface area contributed by atoms with Gasteiger partial charge in [-0.2, -0.15) is 9.61 Å². The van der Waals surface area contributed by atoms with Crippen LogP contribution in [0.15, 0.2) is 52.3 Å². The molecule has 0 spiro atoms. The van der Waals surface area contributed by atoms with Crippen LogP contribution in [0.4, 0.5) is 22.1 Å². The Balaban J connectivity index is 1.54. The Morgan fingerprint density at radius 2 is 2.05 bits per heavy atom. The molecule has 0 aliphatic heterocycles. The first-order valence-electron chi connectivity index (χ1n) is 13.1. The Kier molecular flexibility index (Phi) is 7.49. The van der Waals surface area contributed by atoms with Crippen molar-refractivity contribution >= 4 is 35.0 Å². The zero-order valence-corrected chi connectivity index (χ0v) is 23.5. The van der Waals surface area contributed by atoms with E-state index in [0.717, 1.165) is 12.8 Å². The fourth-order valence-electron chi connectivity index (χ4n) is 4.60. The molecule has 0 bridgehead atoms. The van der Waals surface area contributed by atoms with E-state index in [0.29, 0.717) is 6.42 Å². The summed E-state index contributed by atoms with van der Waals surface area (Å²) in [5.74, 6) is 0.0957. The third kappa shape index (κ3) is 5.91. The molecular formula is C27H32N8O6. The topological polar surface area (TPSA) is 158 Å². The maximum absolute atomic E-state index is 13.3. The van der Waals surface area contributed by atoms with E-state index in [1.165, 1.54) is 52.0 Å². The summed E-state index contributed by atoms with van der Waals surface area (Å²) in [5, 5.41) is 10.4. The maximum Gasteiger partial charge on any atom is 0.415 e. The highest BCUT2D eigenvalue weighted by Gasteiger charge is 2.29.